The van der Waals surface area contributed by atoms with E-state index >= 15 is 0 Å². The molecule has 2 heterocycles. The van der Waals surface area contributed by atoms with Crippen LogP contribution >= 0.6 is 0 Å². The van der Waals surface area contributed by atoms with E-state index in [2.05, 4.69) is 51.3 Å². The first-order valence-corrected chi connectivity index (χ1v) is 9.91. The van der Waals surface area contributed by atoms with Gasteiger partial charge in [0.2, 0.25) is 5.91 Å². The molecule has 2 aromatic rings. The molecule has 0 unspecified atom stereocenters. The number of carbonyl (C=O) groups excluding carboxylic acids is 1. The second-order valence-corrected chi connectivity index (χ2v) is 7.15. The number of hydrogen-bond acceptors (Lipinski definition) is 4. The molecular weight excluding hydrogens is 336 g/mol. The van der Waals surface area contributed by atoms with Gasteiger partial charge in [-0.25, -0.2) is 4.98 Å². The van der Waals surface area contributed by atoms with Crippen molar-refractivity contribution in [3.8, 4) is 0 Å². The number of nitrogens with one attached hydrogen (secondary N) is 1. The number of anilines is 1. The molecule has 5 heteroatoms. The van der Waals surface area contributed by atoms with Crippen LogP contribution in [0.1, 0.15) is 31.7 Å². The lowest BCUT2D eigenvalue weighted by Gasteiger charge is -2.38. The molecular formula is C22H30N4O. The van der Waals surface area contributed by atoms with Crippen LogP contribution in [-0.2, 0) is 4.79 Å². The largest absolute Gasteiger partial charge is 0.354 e. The predicted octanol–water partition coefficient (Wildman–Crippen LogP) is 2.90. The Hall–Kier alpha value is -2.40. The third kappa shape index (κ3) is 5.07. The van der Waals surface area contributed by atoms with Crippen LogP contribution in [0.5, 0.6) is 0 Å². The summed E-state index contributed by atoms with van der Waals surface area (Å²) < 4.78 is 0. The zero-order valence-electron chi connectivity index (χ0n) is 16.3. The number of amides is 1. The van der Waals surface area contributed by atoms with Gasteiger partial charge < -0.3 is 10.2 Å². The molecule has 0 aliphatic carbocycles. The van der Waals surface area contributed by atoms with E-state index in [-0.39, 0.29) is 11.9 Å². The van der Waals surface area contributed by atoms with Crippen LogP contribution < -0.4 is 10.2 Å². The van der Waals surface area contributed by atoms with E-state index in [1.807, 2.05) is 37.4 Å². The lowest BCUT2D eigenvalue weighted by molar-refractivity contribution is -0.126. The third-order valence-electron chi connectivity index (χ3n) is 5.50. The van der Waals surface area contributed by atoms with Gasteiger partial charge in [0, 0.05) is 44.8 Å². The van der Waals surface area contributed by atoms with Gasteiger partial charge in [0.05, 0.1) is 6.04 Å². The van der Waals surface area contributed by atoms with Crippen LogP contribution in [-0.4, -0.2) is 54.6 Å². The lowest BCUT2D eigenvalue weighted by Crippen LogP contribution is -2.54. The first-order chi connectivity index (χ1) is 13.2. The molecule has 1 fully saturated rings. The fraction of sp³-hybridized carbons (Fsp3) is 0.455. The Morgan fingerprint density at radius 1 is 1.07 bits per heavy atom. The molecule has 144 valence electrons. The summed E-state index contributed by atoms with van der Waals surface area (Å²) in [7, 11) is 0. The molecule has 3 rings (SSSR count). The van der Waals surface area contributed by atoms with Gasteiger partial charge in [0.1, 0.15) is 5.82 Å². The van der Waals surface area contributed by atoms with Crippen molar-refractivity contribution in [1.82, 2.24) is 15.2 Å². The number of aromatic nitrogens is 1. The Morgan fingerprint density at radius 3 is 2.41 bits per heavy atom. The topological polar surface area (TPSA) is 48.5 Å². The minimum absolute atomic E-state index is 0.107. The minimum Gasteiger partial charge on any atom is -0.354 e. The molecule has 1 N–H and O–H groups in total. The molecule has 0 spiro atoms. The van der Waals surface area contributed by atoms with Crippen LogP contribution in [0.3, 0.4) is 0 Å². The van der Waals surface area contributed by atoms with E-state index in [0.29, 0.717) is 12.5 Å². The summed E-state index contributed by atoms with van der Waals surface area (Å²) in [6.07, 6.45) is 2.84. The van der Waals surface area contributed by atoms with Gasteiger partial charge in [0.15, 0.2) is 0 Å². The van der Waals surface area contributed by atoms with Crippen LogP contribution in [0.25, 0.3) is 0 Å². The molecule has 1 saturated heterocycles. The SMILES string of the molecule is CC[C@H](CNC(=O)[C@H](C)N1CCN(c2ccccn2)CC1)c1ccccc1. The Labute approximate surface area is 162 Å². The molecule has 0 saturated carbocycles. The van der Waals surface area contributed by atoms with Crippen LogP contribution in [0, 0.1) is 0 Å². The lowest BCUT2D eigenvalue weighted by atomic mass is 9.96. The van der Waals surface area contributed by atoms with Crippen molar-refractivity contribution >= 4 is 11.7 Å². The molecule has 1 aromatic heterocycles. The van der Waals surface area contributed by atoms with Crippen LogP contribution in [0.15, 0.2) is 54.7 Å². The van der Waals surface area contributed by atoms with E-state index in [1.165, 1.54) is 5.56 Å². The molecule has 2 atom stereocenters. The van der Waals surface area contributed by atoms with Crippen molar-refractivity contribution in [2.75, 3.05) is 37.6 Å². The van der Waals surface area contributed by atoms with Crippen molar-refractivity contribution in [3.63, 3.8) is 0 Å². The highest BCUT2D eigenvalue weighted by molar-refractivity contribution is 5.81. The zero-order chi connectivity index (χ0) is 19.1. The average molecular weight is 367 g/mol. The number of rotatable bonds is 7. The number of hydrogen-bond donors (Lipinski definition) is 1. The molecule has 1 amide bonds. The monoisotopic (exact) mass is 366 g/mol. The fourth-order valence-electron chi connectivity index (χ4n) is 3.64. The normalized spacial score (nSPS) is 17.3. The molecule has 0 bridgehead atoms. The highest BCUT2D eigenvalue weighted by atomic mass is 16.2. The number of piperazine rings is 1. The van der Waals surface area contributed by atoms with Gasteiger partial charge in [0.25, 0.3) is 0 Å². The van der Waals surface area contributed by atoms with E-state index in [0.717, 1.165) is 38.4 Å². The maximum Gasteiger partial charge on any atom is 0.237 e. The number of benzene rings is 1. The summed E-state index contributed by atoms with van der Waals surface area (Å²) in [6.45, 7) is 8.42. The summed E-state index contributed by atoms with van der Waals surface area (Å²) in [5.74, 6) is 1.50. The average Bonchev–Trinajstić information content (AvgIpc) is 2.75. The Kier molecular flexibility index (Phi) is 6.82. The van der Waals surface area contributed by atoms with Gasteiger partial charge in [-0.3, -0.25) is 9.69 Å². The Bertz CT molecular complexity index is 699. The van der Waals surface area contributed by atoms with Gasteiger partial charge >= 0.3 is 0 Å². The quantitative estimate of drug-likeness (QED) is 0.819. The van der Waals surface area contributed by atoms with Gasteiger partial charge in [-0.15, -0.1) is 0 Å². The summed E-state index contributed by atoms with van der Waals surface area (Å²) in [5, 5.41) is 3.17. The highest BCUT2D eigenvalue weighted by Crippen LogP contribution is 2.18. The standard InChI is InChI=1S/C22H30N4O/c1-3-19(20-9-5-4-6-10-20)17-24-22(27)18(2)25-13-15-26(16-14-25)21-11-7-8-12-23-21/h4-12,18-19H,3,13-17H2,1-2H3,(H,24,27)/t18-,19+/m0/s1. The van der Waals surface area contributed by atoms with Crippen molar-refractivity contribution < 1.29 is 4.79 Å². The number of pyridine rings is 1. The van der Waals surface area contributed by atoms with Crippen LogP contribution in [0.4, 0.5) is 5.82 Å². The van der Waals surface area contributed by atoms with E-state index in [1.54, 1.807) is 0 Å². The van der Waals surface area contributed by atoms with Gasteiger partial charge in [-0.1, -0.05) is 43.3 Å². The molecule has 1 aromatic carbocycles. The van der Waals surface area contributed by atoms with Crippen molar-refractivity contribution in [2.24, 2.45) is 0 Å². The predicted molar refractivity (Wildman–Crippen MR) is 110 cm³/mol. The Morgan fingerprint density at radius 2 is 1.78 bits per heavy atom. The summed E-state index contributed by atoms with van der Waals surface area (Å²) >= 11 is 0. The zero-order valence-corrected chi connectivity index (χ0v) is 16.3. The summed E-state index contributed by atoms with van der Waals surface area (Å²) in [6, 6.07) is 16.3. The molecule has 1 aliphatic rings. The first-order valence-electron chi connectivity index (χ1n) is 9.91. The first kappa shape index (κ1) is 19.4. The molecule has 1 aliphatic heterocycles. The minimum atomic E-state index is -0.107. The summed E-state index contributed by atoms with van der Waals surface area (Å²) in [5.41, 5.74) is 1.29. The smallest absolute Gasteiger partial charge is 0.237 e. The Balaban J connectivity index is 1.48. The van der Waals surface area contributed by atoms with E-state index in [9.17, 15) is 4.79 Å². The van der Waals surface area contributed by atoms with Crippen molar-refractivity contribution in [1.29, 1.82) is 0 Å². The molecule has 27 heavy (non-hydrogen) atoms. The van der Waals surface area contributed by atoms with Gasteiger partial charge in [-0.05, 0) is 31.0 Å². The van der Waals surface area contributed by atoms with Gasteiger partial charge in [-0.2, -0.15) is 0 Å². The highest BCUT2D eigenvalue weighted by Gasteiger charge is 2.26. The fourth-order valence-corrected chi connectivity index (χ4v) is 3.64. The maximum atomic E-state index is 12.7. The van der Waals surface area contributed by atoms with E-state index in [4.69, 9.17) is 0 Å². The van der Waals surface area contributed by atoms with Crippen LogP contribution in [0.2, 0.25) is 0 Å². The molecule has 0 radical (unpaired) electrons. The maximum absolute atomic E-state index is 12.7. The number of nitrogens with zero attached hydrogens (tertiary/aromatic N) is 3. The summed E-state index contributed by atoms with van der Waals surface area (Å²) in [4.78, 5) is 21.6. The molecule has 5 nitrogen and oxygen atoms in total. The van der Waals surface area contributed by atoms with Crippen molar-refractivity contribution in [3.05, 3.63) is 60.3 Å². The van der Waals surface area contributed by atoms with E-state index < -0.39 is 0 Å². The number of carbonyl (C=O) groups is 1. The van der Waals surface area contributed by atoms with Crippen molar-refractivity contribution in [2.45, 2.75) is 32.2 Å². The second kappa shape index (κ2) is 9.51. The third-order valence-corrected chi connectivity index (χ3v) is 5.50. The second-order valence-electron chi connectivity index (χ2n) is 7.15.